The third-order valence-corrected chi connectivity index (χ3v) is 15.8. The SMILES string of the molecule is C[Si](c1ccccc1)(c1ccc2ccccc2c1)c1ccc(-c2c3ccccc3c(-c3ccc4ccccc4c3)c3ccccc23)c2ccccc12. The molecule has 0 aliphatic rings. The van der Waals surface area contributed by atoms with Crippen molar-refractivity contribution in [2.75, 3.05) is 0 Å². The molecule has 0 bridgehead atoms. The first kappa shape index (κ1) is 30.5. The number of hydrogen-bond acceptors (Lipinski definition) is 0. The summed E-state index contributed by atoms with van der Waals surface area (Å²) in [5.41, 5.74) is 5.12. The Kier molecular flexibility index (Phi) is 7.16. The van der Waals surface area contributed by atoms with Gasteiger partial charge in [-0.25, -0.2) is 0 Å². The molecule has 10 aromatic carbocycles. The molecule has 1 unspecified atom stereocenters. The van der Waals surface area contributed by atoms with Crippen LogP contribution in [-0.4, -0.2) is 8.07 Å². The minimum atomic E-state index is -2.47. The first-order valence-electron chi connectivity index (χ1n) is 18.2. The van der Waals surface area contributed by atoms with Gasteiger partial charge in [0.25, 0.3) is 0 Å². The Bertz CT molecular complexity index is 2920. The molecule has 0 aromatic heterocycles. The van der Waals surface area contributed by atoms with Gasteiger partial charge < -0.3 is 0 Å². The third kappa shape index (κ3) is 4.74. The number of hydrogen-bond donors (Lipinski definition) is 0. The molecule has 10 aromatic rings. The van der Waals surface area contributed by atoms with E-state index in [2.05, 4.69) is 207 Å². The van der Waals surface area contributed by atoms with E-state index in [0.717, 1.165) is 0 Å². The molecule has 1 atom stereocenters. The van der Waals surface area contributed by atoms with E-state index in [9.17, 15) is 0 Å². The van der Waals surface area contributed by atoms with Crippen molar-refractivity contribution in [1.82, 2.24) is 0 Å². The van der Waals surface area contributed by atoms with Gasteiger partial charge in [-0.3, -0.25) is 0 Å². The fraction of sp³-hybridized carbons (Fsp3) is 0.0196. The molecule has 10 rings (SSSR count). The lowest BCUT2D eigenvalue weighted by atomic mass is 9.84. The van der Waals surface area contributed by atoms with Crippen molar-refractivity contribution in [3.8, 4) is 22.3 Å². The summed E-state index contributed by atoms with van der Waals surface area (Å²) in [4.78, 5) is 0. The van der Waals surface area contributed by atoms with Crippen molar-refractivity contribution in [1.29, 1.82) is 0 Å². The summed E-state index contributed by atoms with van der Waals surface area (Å²) in [6.07, 6.45) is 0. The van der Waals surface area contributed by atoms with Gasteiger partial charge in [0.1, 0.15) is 8.07 Å². The van der Waals surface area contributed by atoms with E-state index >= 15 is 0 Å². The highest BCUT2D eigenvalue weighted by atomic mass is 28.3. The second-order valence-corrected chi connectivity index (χ2v) is 18.1. The maximum Gasteiger partial charge on any atom is 0.146 e. The molecule has 0 radical (unpaired) electrons. The number of benzene rings is 10. The molecular weight excluding hydrogens is 641 g/mol. The molecule has 0 N–H and O–H groups in total. The largest absolute Gasteiger partial charge is 0.146 e. The van der Waals surface area contributed by atoms with E-state index in [1.165, 1.54) is 91.7 Å². The Morgan fingerprint density at radius 1 is 0.308 bits per heavy atom. The van der Waals surface area contributed by atoms with Crippen LogP contribution >= 0.6 is 0 Å². The third-order valence-electron chi connectivity index (χ3n) is 11.4. The van der Waals surface area contributed by atoms with Gasteiger partial charge in [0.15, 0.2) is 0 Å². The molecule has 0 nitrogen and oxygen atoms in total. The van der Waals surface area contributed by atoms with E-state index in [4.69, 9.17) is 0 Å². The lowest BCUT2D eigenvalue weighted by Crippen LogP contribution is -2.64. The van der Waals surface area contributed by atoms with Crippen LogP contribution in [0.15, 0.2) is 200 Å². The smallest absolute Gasteiger partial charge is 0.0624 e. The predicted molar refractivity (Wildman–Crippen MR) is 228 cm³/mol. The van der Waals surface area contributed by atoms with Crippen LogP contribution in [0.25, 0.3) is 76.1 Å². The van der Waals surface area contributed by atoms with Crippen LogP contribution in [0.4, 0.5) is 0 Å². The predicted octanol–water partition coefficient (Wildman–Crippen LogP) is 11.9. The van der Waals surface area contributed by atoms with Gasteiger partial charge in [-0.05, 0) is 97.7 Å². The van der Waals surface area contributed by atoms with E-state index in [-0.39, 0.29) is 0 Å². The van der Waals surface area contributed by atoms with Gasteiger partial charge in [-0.15, -0.1) is 0 Å². The van der Waals surface area contributed by atoms with Crippen molar-refractivity contribution in [2.45, 2.75) is 6.55 Å². The molecule has 1 heteroatoms. The molecule has 0 saturated carbocycles. The Hall–Kier alpha value is -6.28. The minimum absolute atomic E-state index is 1.25. The fourth-order valence-electron chi connectivity index (χ4n) is 8.78. The Morgan fingerprint density at radius 2 is 0.788 bits per heavy atom. The van der Waals surface area contributed by atoms with Crippen LogP contribution in [0, 0.1) is 0 Å². The zero-order valence-corrected chi connectivity index (χ0v) is 30.1. The highest BCUT2D eigenvalue weighted by molar-refractivity contribution is 7.11. The first-order valence-corrected chi connectivity index (χ1v) is 20.7. The molecule has 0 heterocycles. The molecule has 0 aliphatic carbocycles. The van der Waals surface area contributed by atoms with Gasteiger partial charge in [0.05, 0.1) is 0 Å². The van der Waals surface area contributed by atoms with Gasteiger partial charge in [-0.2, -0.15) is 0 Å². The second kappa shape index (κ2) is 12.2. The Balaban J connectivity index is 1.26. The van der Waals surface area contributed by atoms with E-state index in [1.807, 2.05) is 0 Å². The van der Waals surface area contributed by atoms with Gasteiger partial charge >= 0.3 is 0 Å². The Morgan fingerprint density at radius 3 is 1.42 bits per heavy atom. The first-order chi connectivity index (χ1) is 25.7. The average molecular weight is 677 g/mol. The molecular formula is C51H36Si. The normalized spacial score (nSPS) is 12.9. The van der Waals surface area contributed by atoms with Crippen molar-refractivity contribution >= 4 is 77.5 Å². The lowest BCUT2D eigenvalue weighted by molar-refractivity contribution is 1.67. The molecule has 0 spiro atoms. The summed E-state index contributed by atoms with van der Waals surface area (Å²) in [6.45, 7) is 2.54. The summed E-state index contributed by atoms with van der Waals surface area (Å²) in [5.74, 6) is 0. The van der Waals surface area contributed by atoms with Crippen molar-refractivity contribution in [2.24, 2.45) is 0 Å². The zero-order chi connectivity index (χ0) is 34.6. The molecule has 244 valence electrons. The second-order valence-electron chi connectivity index (χ2n) is 14.2. The maximum absolute atomic E-state index is 2.54. The van der Waals surface area contributed by atoms with Crippen LogP contribution in [0.1, 0.15) is 0 Å². The number of rotatable bonds is 5. The average Bonchev–Trinajstić information content (AvgIpc) is 3.22. The van der Waals surface area contributed by atoms with Gasteiger partial charge in [0.2, 0.25) is 0 Å². The number of fused-ring (bicyclic) bond motifs is 5. The van der Waals surface area contributed by atoms with Crippen LogP contribution in [-0.2, 0) is 0 Å². The highest BCUT2D eigenvalue weighted by Crippen LogP contribution is 2.45. The quantitative estimate of drug-likeness (QED) is 0.0967. The summed E-state index contributed by atoms with van der Waals surface area (Å²) in [5, 5.41) is 17.1. The zero-order valence-electron chi connectivity index (χ0n) is 29.1. The summed E-state index contributed by atoms with van der Waals surface area (Å²) < 4.78 is 0. The monoisotopic (exact) mass is 676 g/mol. The van der Waals surface area contributed by atoms with E-state index < -0.39 is 8.07 Å². The summed E-state index contributed by atoms with van der Waals surface area (Å²) in [7, 11) is -2.47. The fourth-order valence-corrected chi connectivity index (χ4v) is 12.6. The van der Waals surface area contributed by atoms with Crippen molar-refractivity contribution in [3.05, 3.63) is 200 Å². The van der Waals surface area contributed by atoms with Crippen LogP contribution in [0.2, 0.25) is 6.55 Å². The molecule has 0 aliphatic heterocycles. The van der Waals surface area contributed by atoms with Crippen molar-refractivity contribution < 1.29 is 0 Å². The Labute approximate surface area is 305 Å². The standard InChI is InChI=1S/C51H36Si/c1-52(40-19-3-2-4-20-40,41-30-29-36-16-6-8-18-38(36)34-41)49-32-31-48(42-21-9-10-22-43(42)49)51-46-25-13-11-23-44(46)50(45-24-12-14-26-47(45)51)39-28-27-35-15-5-7-17-37(35)33-39/h2-34H,1H3. The minimum Gasteiger partial charge on any atom is -0.0624 e. The van der Waals surface area contributed by atoms with Gasteiger partial charge in [-0.1, -0.05) is 201 Å². The van der Waals surface area contributed by atoms with Crippen LogP contribution < -0.4 is 15.6 Å². The highest BCUT2D eigenvalue weighted by Gasteiger charge is 2.36. The van der Waals surface area contributed by atoms with Crippen LogP contribution in [0.5, 0.6) is 0 Å². The van der Waals surface area contributed by atoms with Gasteiger partial charge in [0, 0.05) is 0 Å². The van der Waals surface area contributed by atoms with E-state index in [0.29, 0.717) is 0 Å². The maximum atomic E-state index is 2.54. The summed E-state index contributed by atoms with van der Waals surface area (Å²) in [6, 6.07) is 74.7. The molecule has 0 saturated heterocycles. The topological polar surface area (TPSA) is 0 Å². The van der Waals surface area contributed by atoms with Crippen LogP contribution in [0.3, 0.4) is 0 Å². The summed E-state index contributed by atoms with van der Waals surface area (Å²) >= 11 is 0. The van der Waals surface area contributed by atoms with Crippen molar-refractivity contribution in [3.63, 3.8) is 0 Å². The molecule has 0 amide bonds. The molecule has 0 fully saturated rings. The van der Waals surface area contributed by atoms with E-state index in [1.54, 1.807) is 0 Å². The lowest BCUT2D eigenvalue weighted by Gasteiger charge is -2.31. The molecule has 52 heavy (non-hydrogen) atoms.